The second-order valence-electron chi connectivity index (χ2n) is 4.96. The monoisotopic (exact) mass is 330 g/mol. The molecule has 1 aliphatic heterocycles. The summed E-state index contributed by atoms with van der Waals surface area (Å²) in [5.74, 6) is 2.57. The van der Waals surface area contributed by atoms with Crippen molar-refractivity contribution in [3.63, 3.8) is 0 Å². The van der Waals surface area contributed by atoms with Gasteiger partial charge in [0.05, 0.1) is 11.5 Å². The molecule has 5 nitrogen and oxygen atoms in total. The molecule has 0 radical (unpaired) electrons. The predicted molar refractivity (Wildman–Crippen MR) is 86.5 cm³/mol. The Bertz CT molecular complexity index is 526. The topological polar surface area (TPSA) is 67.4 Å². The molecule has 1 atom stereocenters. The van der Waals surface area contributed by atoms with Crippen molar-refractivity contribution in [3.05, 3.63) is 24.3 Å². The van der Waals surface area contributed by atoms with Crippen LogP contribution < -0.4 is 14.8 Å². The molecule has 7 heteroatoms. The minimum atomic E-state index is -3.42. The standard InChI is InChI=1S/C14H22N2O3S2/c1-15-8-2-9-19-13-3-5-14(6-4-13)21(17,18)16-12-7-10-20-11-12/h3-6,12,15-16H,2,7-11H2,1H3. The molecule has 118 valence electrons. The van der Waals surface area contributed by atoms with Crippen LogP contribution in [0.4, 0.5) is 0 Å². The number of hydrogen-bond acceptors (Lipinski definition) is 5. The van der Waals surface area contributed by atoms with E-state index in [-0.39, 0.29) is 6.04 Å². The Labute approximate surface area is 130 Å². The zero-order valence-corrected chi connectivity index (χ0v) is 13.8. The number of benzene rings is 1. The minimum Gasteiger partial charge on any atom is -0.494 e. The largest absolute Gasteiger partial charge is 0.494 e. The molecule has 0 aromatic heterocycles. The van der Waals surface area contributed by atoms with Gasteiger partial charge < -0.3 is 10.1 Å². The number of ether oxygens (including phenoxy) is 1. The first-order valence-electron chi connectivity index (χ1n) is 7.09. The molecule has 1 aromatic rings. The van der Waals surface area contributed by atoms with Gasteiger partial charge in [0.1, 0.15) is 5.75 Å². The minimum absolute atomic E-state index is 0.0532. The predicted octanol–water partition coefficient (Wildman–Crippen LogP) is 1.46. The van der Waals surface area contributed by atoms with Crippen LogP contribution in [-0.4, -0.2) is 46.2 Å². The Kier molecular flexibility index (Phi) is 6.35. The van der Waals surface area contributed by atoms with Gasteiger partial charge >= 0.3 is 0 Å². The average Bonchev–Trinajstić information content (AvgIpc) is 2.96. The molecule has 1 fully saturated rings. The van der Waals surface area contributed by atoms with Crippen LogP contribution >= 0.6 is 11.8 Å². The summed E-state index contributed by atoms with van der Waals surface area (Å²) in [6.45, 7) is 1.51. The summed E-state index contributed by atoms with van der Waals surface area (Å²) < 4.78 is 32.8. The molecule has 1 saturated heterocycles. The van der Waals surface area contributed by atoms with Crippen LogP contribution in [0, 0.1) is 0 Å². The lowest BCUT2D eigenvalue weighted by Gasteiger charge is -2.12. The summed E-state index contributed by atoms with van der Waals surface area (Å²) in [5, 5.41) is 3.05. The molecule has 21 heavy (non-hydrogen) atoms. The van der Waals surface area contributed by atoms with Gasteiger partial charge in [-0.3, -0.25) is 0 Å². The molecule has 0 amide bonds. The summed E-state index contributed by atoms with van der Waals surface area (Å²) in [5.41, 5.74) is 0. The van der Waals surface area contributed by atoms with Gasteiger partial charge in [0, 0.05) is 11.8 Å². The number of sulfonamides is 1. The van der Waals surface area contributed by atoms with E-state index in [1.165, 1.54) is 0 Å². The third-order valence-corrected chi connectivity index (χ3v) is 5.92. The maximum absolute atomic E-state index is 12.2. The SMILES string of the molecule is CNCCCOc1ccc(S(=O)(=O)NC2CCSC2)cc1. The van der Waals surface area contributed by atoms with Gasteiger partial charge in [-0.1, -0.05) is 0 Å². The van der Waals surface area contributed by atoms with Gasteiger partial charge in [-0.25, -0.2) is 13.1 Å². The Balaban J connectivity index is 1.90. The Morgan fingerprint density at radius 1 is 1.33 bits per heavy atom. The lowest BCUT2D eigenvalue weighted by molar-refractivity contribution is 0.309. The highest BCUT2D eigenvalue weighted by molar-refractivity contribution is 7.99. The first kappa shape index (κ1) is 16.6. The molecule has 2 rings (SSSR count). The second-order valence-corrected chi connectivity index (χ2v) is 7.82. The van der Waals surface area contributed by atoms with Crippen molar-refractivity contribution >= 4 is 21.8 Å². The smallest absolute Gasteiger partial charge is 0.240 e. The van der Waals surface area contributed by atoms with Crippen molar-refractivity contribution < 1.29 is 13.2 Å². The Morgan fingerprint density at radius 3 is 2.71 bits per heavy atom. The van der Waals surface area contributed by atoms with E-state index in [0.717, 1.165) is 30.9 Å². The van der Waals surface area contributed by atoms with Crippen LogP contribution in [-0.2, 0) is 10.0 Å². The first-order chi connectivity index (χ1) is 10.1. The van der Waals surface area contributed by atoms with E-state index in [1.54, 1.807) is 36.0 Å². The summed E-state index contributed by atoms with van der Waals surface area (Å²) >= 11 is 1.78. The van der Waals surface area contributed by atoms with Gasteiger partial charge in [0.2, 0.25) is 10.0 Å². The molecular weight excluding hydrogens is 308 g/mol. The van der Waals surface area contributed by atoms with Gasteiger partial charge in [-0.2, -0.15) is 11.8 Å². The van der Waals surface area contributed by atoms with Crippen molar-refractivity contribution in [1.29, 1.82) is 0 Å². The molecule has 1 unspecified atom stereocenters. The van der Waals surface area contributed by atoms with E-state index in [1.807, 2.05) is 7.05 Å². The van der Waals surface area contributed by atoms with E-state index in [0.29, 0.717) is 17.3 Å². The molecular formula is C14H22N2O3S2. The number of thioether (sulfide) groups is 1. The number of nitrogens with one attached hydrogen (secondary N) is 2. The summed E-state index contributed by atoms with van der Waals surface area (Å²) in [6.07, 6.45) is 1.81. The van der Waals surface area contributed by atoms with Crippen LogP contribution in [0.2, 0.25) is 0 Å². The fourth-order valence-corrected chi connectivity index (χ4v) is 4.60. The zero-order valence-electron chi connectivity index (χ0n) is 12.2. The molecule has 0 aliphatic carbocycles. The van der Waals surface area contributed by atoms with Gasteiger partial charge in [0.15, 0.2) is 0 Å². The van der Waals surface area contributed by atoms with Crippen molar-refractivity contribution in [1.82, 2.24) is 10.0 Å². The van der Waals surface area contributed by atoms with E-state index in [4.69, 9.17) is 4.74 Å². The van der Waals surface area contributed by atoms with Gasteiger partial charge in [-0.05, 0) is 56.5 Å². The van der Waals surface area contributed by atoms with E-state index < -0.39 is 10.0 Å². The summed E-state index contributed by atoms with van der Waals surface area (Å²) in [4.78, 5) is 0.293. The second kappa shape index (κ2) is 8.03. The number of rotatable bonds is 8. The van der Waals surface area contributed by atoms with Crippen LogP contribution in [0.1, 0.15) is 12.8 Å². The highest BCUT2D eigenvalue weighted by Gasteiger charge is 2.23. The molecule has 1 aliphatic rings. The molecule has 2 N–H and O–H groups in total. The third kappa shape index (κ3) is 5.18. The van der Waals surface area contributed by atoms with Crippen LogP contribution in [0.15, 0.2) is 29.2 Å². The zero-order chi connectivity index (χ0) is 15.1. The first-order valence-corrected chi connectivity index (χ1v) is 9.73. The molecule has 0 bridgehead atoms. The van der Waals surface area contributed by atoms with Gasteiger partial charge in [0.25, 0.3) is 0 Å². The fraction of sp³-hybridized carbons (Fsp3) is 0.571. The van der Waals surface area contributed by atoms with Crippen molar-refractivity contribution in [2.75, 3.05) is 31.7 Å². The van der Waals surface area contributed by atoms with E-state index >= 15 is 0 Å². The fourth-order valence-electron chi connectivity index (χ4n) is 2.07. The molecule has 0 saturated carbocycles. The summed E-state index contributed by atoms with van der Waals surface area (Å²) in [7, 11) is -1.52. The summed E-state index contributed by atoms with van der Waals surface area (Å²) in [6, 6.07) is 6.65. The average molecular weight is 330 g/mol. The Morgan fingerprint density at radius 2 is 2.10 bits per heavy atom. The highest BCUT2D eigenvalue weighted by Crippen LogP contribution is 2.21. The van der Waals surface area contributed by atoms with Crippen LogP contribution in [0.5, 0.6) is 5.75 Å². The quantitative estimate of drug-likeness (QED) is 0.706. The van der Waals surface area contributed by atoms with Crippen LogP contribution in [0.25, 0.3) is 0 Å². The third-order valence-electron chi connectivity index (χ3n) is 3.23. The molecule has 1 heterocycles. The van der Waals surface area contributed by atoms with Gasteiger partial charge in [-0.15, -0.1) is 0 Å². The Hall–Kier alpha value is -0.760. The molecule has 0 spiro atoms. The normalized spacial score (nSPS) is 18.8. The van der Waals surface area contributed by atoms with E-state index in [9.17, 15) is 8.42 Å². The van der Waals surface area contributed by atoms with Crippen LogP contribution in [0.3, 0.4) is 0 Å². The van der Waals surface area contributed by atoms with Crippen molar-refractivity contribution in [2.45, 2.75) is 23.8 Å². The van der Waals surface area contributed by atoms with Crippen molar-refractivity contribution in [3.8, 4) is 5.75 Å². The maximum Gasteiger partial charge on any atom is 0.240 e. The van der Waals surface area contributed by atoms with Crippen molar-refractivity contribution in [2.24, 2.45) is 0 Å². The maximum atomic E-state index is 12.2. The number of hydrogen-bond donors (Lipinski definition) is 2. The lowest BCUT2D eigenvalue weighted by Crippen LogP contribution is -2.34. The lowest BCUT2D eigenvalue weighted by atomic mass is 10.3. The molecule has 1 aromatic carbocycles. The highest BCUT2D eigenvalue weighted by atomic mass is 32.2. The van der Waals surface area contributed by atoms with E-state index in [2.05, 4.69) is 10.0 Å².